The summed E-state index contributed by atoms with van der Waals surface area (Å²) >= 11 is 0. The van der Waals surface area contributed by atoms with Gasteiger partial charge in [0.05, 0.1) is 30.4 Å². The molecule has 1 fully saturated rings. The lowest BCUT2D eigenvalue weighted by molar-refractivity contribution is 0.0697. The molecule has 0 aliphatic carbocycles. The van der Waals surface area contributed by atoms with E-state index >= 15 is 0 Å². The zero-order valence-electron chi connectivity index (χ0n) is 15.2. The van der Waals surface area contributed by atoms with Gasteiger partial charge in [-0.1, -0.05) is 25.9 Å². The van der Waals surface area contributed by atoms with E-state index in [1.165, 1.54) is 0 Å². The number of aromatic carboxylic acids is 1. The van der Waals surface area contributed by atoms with Crippen LogP contribution in [0.2, 0.25) is 0 Å². The third-order valence-corrected chi connectivity index (χ3v) is 4.55. The summed E-state index contributed by atoms with van der Waals surface area (Å²) in [5.41, 5.74) is 2.80. The molecule has 0 saturated carbocycles. The number of carbonyl (C=O) groups is 1. The molecule has 1 aliphatic heterocycles. The molecular formula is C19H21N3O4. The highest BCUT2D eigenvalue weighted by Gasteiger charge is 2.33. The maximum atomic E-state index is 11.5. The van der Waals surface area contributed by atoms with Crippen molar-refractivity contribution in [2.75, 3.05) is 6.61 Å². The number of hydrogen-bond donors (Lipinski definition) is 1. The first-order valence-electron chi connectivity index (χ1n) is 8.58. The fourth-order valence-electron chi connectivity index (χ4n) is 3.45. The van der Waals surface area contributed by atoms with Gasteiger partial charge in [-0.15, -0.1) is 0 Å². The topological polar surface area (TPSA) is 93.7 Å². The highest BCUT2D eigenvalue weighted by Crippen LogP contribution is 2.41. The average molecular weight is 355 g/mol. The lowest BCUT2D eigenvalue weighted by Crippen LogP contribution is -2.20. The summed E-state index contributed by atoms with van der Waals surface area (Å²) in [5, 5.41) is 14.2. The van der Waals surface area contributed by atoms with Gasteiger partial charge in [0.2, 0.25) is 0 Å². The predicted molar refractivity (Wildman–Crippen MR) is 95.4 cm³/mol. The van der Waals surface area contributed by atoms with Crippen molar-refractivity contribution in [3.8, 4) is 11.5 Å². The lowest BCUT2D eigenvalue weighted by atomic mass is 9.88. The van der Waals surface area contributed by atoms with Gasteiger partial charge in [-0.05, 0) is 25.1 Å². The minimum Gasteiger partial charge on any atom is -0.478 e. The second-order valence-electron chi connectivity index (χ2n) is 7.72. The first-order chi connectivity index (χ1) is 12.3. The second-order valence-corrected chi connectivity index (χ2v) is 7.72. The van der Waals surface area contributed by atoms with Crippen LogP contribution < -0.4 is 0 Å². The van der Waals surface area contributed by atoms with Crippen LogP contribution in [0.4, 0.5) is 0 Å². The van der Waals surface area contributed by atoms with Crippen molar-refractivity contribution in [3.63, 3.8) is 0 Å². The molecule has 3 heterocycles. The number of fused-ring (bicyclic) bond motifs is 1. The van der Waals surface area contributed by atoms with Gasteiger partial charge in [0.1, 0.15) is 0 Å². The predicted octanol–water partition coefficient (Wildman–Crippen LogP) is 3.39. The largest absolute Gasteiger partial charge is 0.478 e. The van der Waals surface area contributed by atoms with Crippen LogP contribution in [0, 0.1) is 6.92 Å². The molecule has 0 bridgehead atoms. The molecule has 136 valence electrons. The van der Waals surface area contributed by atoms with Gasteiger partial charge in [0.15, 0.2) is 5.82 Å². The smallest absolute Gasteiger partial charge is 0.335 e. The Balaban J connectivity index is 2.08. The Morgan fingerprint density at radius 1 is 1.38 bits per heavy atom. The molecule has 0 amide bonds. The van der Waals surface area contributed by atoms with Crippen LogP contribution in [0.1, 0.15) is 42.6 Å². The Morgan fingerprint density at radius 3 is 2.65 bits per heavy atom. The van der Waals surface area contributed by atoms with Crippen LogP contribution in [-0.2, 0) is 16.7 Å². The highest BCUT2D eigenvalue weighted by molar-refractivity contribution is 6.01. The van der Waals surface area contributed by atoms with Crippen molar-refractivity contribution < 1.29 is 19.2 Å². The van der Waals surface area contributed by atoms with Gasteiger partial charge in [0.25, 0.3) is 5.89 Å². The highest BCUT2D eigenvalue weighted by atomic mass is 16.6. The van der Waals surface area contributed by atoms with Gasteiger partial charge < -0.3 is 18.9 Å². The number of carboxylic acids is 1. The van der Waals surface area contributed by atoms with Gasteiger partial charge >= 0.3 is 5.97 Å². The third kappa shape index (κ3) is 2.78. The molecule has 1 aliphatic rings. The summed E-state index contributed by atoms with van der Waals surface area (Å²) in [6.07, 6.45) is 0.183. The zero-order valence-corrected chi connectivity index (χ0v) is 15.2. The summed E-state index contributed by atoms with van der Waals surface area (Å²) in [6.45, 7) is 9.58. The van der Waals surface area contributed by atoms with Crippen LogP contribution in [-0.4, -0.2) is 38.5 Å². The normalized spacial score (nSPS) is 17.0. The fourth-order valence-corrected chi connectivity index (χ4v) is 3.45. The molecule has 1 unspecified atom stereocenters. The summed E-state index contributed by atoms with van der Waals surface area (Å²) in [5.74, 6) is -0.00810. The molecular weight excluding hydrogens is 334 g/mol. The summed E-state index contributed by atoms with van der Waals surface area (Å²) in [6, 6.07) is 5.17. The molecule has 0 spiro atoms. The van der Waals surface area contributed by atoms with Crippen molar-refractivity contribution in [3.05, 3.63) is 35.3 Å². The Hall–Kier alpha value is -2.67. The summed E-state index contributed by atoms with van der Waals surface area (Å²) in [7, 11) is 0. The van der Waals surface area contributed by atoms with Gasteiger partial charge in [0, 0.05) is 22.0 Å². The van der Waals surface area contributed by atoms with Crippen LogP contribution in [0.15, 0.2) is 22.7 Å². The Labute approximate surface area is 150 Å². The molecule has 3 aromatic rings. The van der Waals surface area contributed by atoms with E-state index in [4.69, 9.17) is 9.26 Å². The molecule has 4 rings (SSSR count). The first kappa shape index (κ1) is 16.8. The number of carboxylic acid groups (broad SMARTS) is 1. The van der Waals surface area contributed by atoms with Crippen LogP contribution in [0.5, 0.6) is 0 Å². The van der Waals surface area contributed by atoms with Crippen LogP contribution in [0.25, 0.3) is 22.4 Å². The minimum atomic E-state index is -0.963. The molecule has 1 saturated heterocycles. The van der Waals surface area contributed by atoms with E-state index in [0.29, 0.717) is 18.3 Å². The quantitative estimate of drug-likeness (QED) is 0.721. The van der Waals surface area contributed by atoms with E-state index in [2.05, 4.69) is 35.5 Å². The Kier molecular flexibility index (Phi) is 3.66. The molecule has 7 nitrogen and oxygen atoms in total. The minimum absolute atomic E-state index is 0.183. The maximum Gasteiger partial charge on any atom is 0.335 e. The standard InChI is InChI=1S/C19H21N3O4/c1-10-20-17(26-21-10)15-13-7-11(18(23)24)5-6-14(13)22(8-12-9-25-12)16(15)19(2,3)4/h5-7,12H,8-9H2,1-4H3,(H,23,24). The summed E-state index contributed by atoms with van der Waals surface area (Å²) < 4.78 is 13.1. The van der Waals surface area contributed by atoms with E-state index in [9.17, 15) is 9.90 Å². The van der Waals surface area contributed by atoms with Crippen molar-refractivity contribution in [2.24, 2.45) is 0 Å². The van der Waals surface area contributed by atoms with Gasteiger partial charge in [-0.2, -0.15) is 4.98 Å². The van der Waals surface area contributed by atoms with Gasteiger partial charge in [-0.3, -0.25) is 0 Å². The Bertz CT molecular complexity index is 1010. The van der Waals surface area contributed by atoms with Crippen molar-refractivity contribution >= 4 is 16.9 Å². The number of benzene rings is 1. The molecule has 7 heteroatoms. The number of aryl methyl sites for hydroxylation is 1. The monoisotopic (exact) mass is 355 g/mol. The molecule has 1 atom stereocenters. The second kappa shape index (κ2) is 5.67. The average Bonchev–Trinajstić information content (AvgIpc) is 3.17. The van der Waals surface area contributed by atoms with E-state index in [1.54, 1.807) is 19.1 Å². The lowest BCUT2D eigenvalue weighted by Gasteiger charge is -2.23. The van der Waals surface area contributed by atoms with E-state index < -0.39 is 5.97 Å². The number of aromatic nitrogens is 3. The first-order valence-corrected chi connectivity index (χ1v) is 8.58. The van der Waals surface area contributed by atoms with E-state index in [1.807, 2.05) is 6.07 Å². The maximum absolute atomic E-state index is 11.5. The number of epoxide rings is 1. The van der Waals surface area contributed by atoms with Crippen LogP contribution >= 0.6 is 0 Å². The van der Waals surface area contributed by atoms with Gasteiger partial charge in [-0.25, -0.2) is 4.79 Å². The molecule has 1 aromatic carbocycles. The molecule has 2 aromatic heterocycles. The number of nitrogens with zero attached hydrogens (tertiary/aromatic N) is 3. The van der Waals surface area contributed by atoms with Crippen molar-refractivity contribution in [1.29, 1.82) is 0 Å². The van der Waals surface area contributed by atoms with E-state index in [0.717, 1.165) is 28.8 Å². The fraction of sp³-hybridized carbons (Fsp3) is 0.421. The molecule has 26 heavy (non-hydrogen) atoms. The third-order valence-electron chi connectivity index (χ3n) is 4.55. The van der Waals surface area contributed by atoms with Crippen molar-refractivity contribution in [1.82, 2.24) is 14.7 Å². The number of ether oxygens (including phenoxy) is 1. The van der Waals surface area contributed by atoms with Crippen molar-refractivity contribution in [2.45, 2.75) is 45.8 Å². The molecule has 1 N–H and O–H groups in total. The SMILES string of the molecule is Cc1noc(-c2c(C(C)(C)C)n(CC3CO3)c3ccc(C(=O)O)cc23)n1. The zero-order chi connectivity index (χ0) is 18.6. The Morgan fingerprint density at radius 2 is 2.12 bits per heavy atom. The number of hydrogen-bond acceptors (Lipinski definition) is 5. The summed E-state index contributed by atoms with van der Waals surface area (Å²) in [4.78, 5) is 15.9. The van der Waals surface area contributed by atoms with Crippen LogP contribution in [0.3, 0.4) is 0 Å². The number of rotatable bonds is 4. The molecule has 0 radical (unpaired) electrons. The van der Waals surface area contributed by atoms with E-state index in [-0.39, 0.29) is 17.1 Å².